The van der Waals surface area contributed by atoms with Gasteiger partial charge in [0.05, 0.1) is 0 Å². The molecule has 0 heterocycles. The highest BCUT2D eigenvalue weighted by atomic mass is 31.0. The lowest BCUT2D eigenvalue weighted by molar-refractivity contribution is 1.26. The molecule has 0 amide bonds. The Morgan fingerprint density at radius 2 is 2.00 bits per heavy atom. The molecule has 0 aromatic carbocycles. The molecule has 2 nitrogen and oxygen atoms in total. The summed E-state index contributed by atoms with van der Waals surface area (Å²) in [4.78, 5) is 3.28. The second-order valence-electron chi connectivity index (χ2n) is 0.315. The van der Waals surface area contributed by atoms with E-state index in [1.54, 1.807) is 7.05 Å². The second-order valence-corrected chi connectivity index (χ2v) is 0.546. The van der Waals surface area contributed by atoms with Gasteiger partial charge in [0.25, 0.3) is 0 Å². The molecule has 3 heteroatoms. The Labute approximate surface area is 27.6 Å². The van der Waals surface area contributed by atoms with Gasteiger partial charge in [-0.05, 0) is 0 Å². The van der Waals surface area contributed by atoms with E-state index in [0.717, 1.165) is 0 Å². The van der Waals surface area contributed by atoms with Crippen LogP contribution in [0.25, 0.3) is 0 Å². The lowest BCUT2D eigenvalue weighted by atomic mass is 11.6. The van der Waals surface area contributed by atoms with Crippen LogP contribution in [0, 0.1) is 0 Å². The van der Waals surface area contributed by atoms with E-state index in [4.69, 9.17) is 0 Å². The molecule has 0 radical (unpaired) electrons. The molecule has 24 valence electrons. The minimum Gasteiger partial charge on any atom is -0.194 e. The van der Waals surface area contributed by atoms with E-state index >= 15 is 0 Å². The summed E-state index contributed by atoms with van der Waals surface area (Å²) < 4.78 is 0. The standard InChI is InChI=1S/CH5N2P/c1-2-3-4/h4H2,1H3. The Morgan fingerprint density at radius 1 is 1.75 bits per heavy atom. The van der Waals surface area contributed by atoms with Gasteiger partial charge in [-0.2, -0.15) is 10.00 Å². The normalized spacial score (nSPS) is 9.50. The quantitative estimate of drug-likeness (QED) is 0.302. The topological polar surface area (TPSA) is 24.7 Å². The van der Waals surface area contributed by atoms with Crippen molar-refractivity contribution in [3.05, 3.63) is 0 Å². The molecule has 0 aliphatic rings. The van der Waals surface area contributed by atoms with Crippen LogP contribution in [0.5, 0.6) is 0 Å². The van der Waals surface area contributed by atoms with E-state index in [-0.39, 0.29) is 0 Å². The third kappa shape index (κ3) is 2.03. The lowest BCUT2D eigenvalue weighted by Crippen LogP contribution is -1.27. The summed E-state index contributed by atoms with van der Waals surface area (Å²) in [5.41, 5.74) is 0. The molecule has 0 aromatic heterocycles. The van der Waals surface area contributed by atoms with Gasteiger partial charge in [0.15, 0.2) is 0 Å². The Hall–Kier alpha value is 0.0300. The highest BCUT2D eigenvalue weighted by molar-refractivity contribution is 7.14. The summed E-state index contributed by atoms with van der Waals surface area (Å²) in [5.74, 6) is 0. The van der Waals surface area contributed by atoms with Gasteiger partial charge in [-0.15, -0.1) is 0 Å². The van der Waals surface area contributed by atoms with E-state index < -0.39 is 0 Å². The Balaban J connectivity index is 2.55. The van der Waals surface area contributed by atoms with E-state index in [1.807, 2.05) is 0 Å². The molecule has 0 aromatic rings. The first-order valence-corrected chi connectivity index (χ1v) is 1.42. The molecule has 0 rings (SSSR count). The molecule has 0 spiro atoms. The first-order chi connectivity index (χ1) is 1.91. The smallest absolute Gasteiger partial charge is 0.0490 e. The van der Waals surface area contributed by atoms with Crippen LogP contribution in [0.4, 0.5) is 0 Å². The molecule has 0 bridgehead atoms. The third-order valence-electron chi connectivity index (χ3n) is 0.115. The summed E-state index contributed by atoms with van der Waals surface area (Å²) in [5, 5.41) is 3.32. The summed E-state index contributed by atoms with van der Waals surface area (Å²) >= 11 is 0. The van der Waals surface area contributed by atoms with Crippen LogP contribution >= 0.6 is 9.39 Å². The van der Waals surface area contributed by atoms with Crippen molar-refractivity contribution in [2.24, 2.45) is 10.00 Å². The highest BCUT2D eigenvalue weighted by Gasteiger charge is 1.31. The largest absolute Gasteiger partial charge is 0.194 e. The van der Waals surface area contributed by atoms with Gasteiger partial charge in [0.2, 0.25) is 0 Å². The van der Waals surface area contributed by atoms with E-state index in [9.17, 15) is 0 Å². The van der Waals surface area contributed by atoms with Crippen molar-refractivity contribution in [3.63, 3.8) is 0 Å². The predicted molar refractivity (Wildman–Crippen MR) is 20.5 cm³/mol. The van der Waals surface area contributed by atoms with Gasteiger partial charge >= 0.3 is 0 Å². The van der Waals surface area contributed by atoms with Crippen molar-refractivity contribution in [2.75, 3.05) is 7.05 Å². The number of hydrogen-bond acceptors (Lipinski definition) is 2. The van der Waals surface area contributed by atoms with Crippen LogP contribution < -0.4 is 0 Å². The molecular weight excluding hydrogens is 71.0 g/mol. The fourth-order valence-electron chi connectivity index (χ4n) is 0. The van der Waals surface area contributed by atoms with Gasteiger partial charge < -0.3 is 0 Å². The first-order valence-electron chi connectivity index (χ1n) is 0.905. The molecular formula is CH5N2P. The van der Waals surface area contributed by atoms with Gasteiger partial charge in [0, 0.05) is 16.4 Å². The SMILES string of the molecule is CN=NP. The third-order valence-corrected chi connectivity index (χ3v) is 0.346. The Kier molecular flexibility index (Phi) is 3.05. The van der Waals surface area contributed by atoms with E-state index in [2.05, 4.69) is 19.4 Å². The van der Waals surface area contributed by atoms with Crippen molar-refractivity contribution in [3.8, 4) is 0 Å². The summed E-state index contributed by atoms with van der Waals surface area (Å²) in [7, 11) is 3.73. The maximum atomic E-state index is 3.32. The molecule has 4 heavy (non-hydrogen) atoms. The first kappa shape index (κ1) is 4.03. The van der Waals surface area contributed by atoms with Crippen LogP contribution in [0.2, 0.25) is 0 Å². The number of hydrogen-bond donors (Lipinski definition) is 0. The zero-order valence-electron chi connectivity index (χ0n) is 2.47. The fraction of sp³-hybridized carbons (Fsp3) is 1.00. The lowest BCUT2D eigenvalue weighted by Gasteiger charge is -1.53. The Morgan fingerprint density at radius 3 is 2.00 bits per heavy atom. The molecule has 0 saturated carbocycles. The molecule has 0 saturated heterocycles. The van der Waals surface area contributed by atoms with Crippen molar-refractivity contribution >= 4 is 9.39 Å². The monoisotopic (exact) mass is 76.0 g/mol. The minimum absolute atomic E-state index is 1.62. The van der Waals surface area contributed by atoms with Crippen LogP contribution in [-0.4, -0.2) is 7.05 Å². The zero-order chi connectivity index (χ0) is 3.41. The summed E-state index contributed by atoms with van der Waals surface area (Å²) in [6, 6.07) is 0. The summed E-state index contributed by atoms with van der Waals surface area (Å²) in [6.07, 6.45) is 0. The van der Waals surface area contributed by atoms with Gasteiger partial charge in [-0.25, -0.2) is 0 Å². The van der Waals surface area contributed by atoms with Crippen LogP contribution in [-0.2, 0) is 0 Å². The highest BCUT2D eigenvalue weighted by Crippen LogP contribution is 1.76. The predicted octanol–water partition coefficient (Wildman–Crippen LogP) is 0.858. The average Bonchev–Trinajstić information content (AvgIpc) is 1.37. The molecule has 0 N–H and O–H groups in total. The van der Waals surface area contributed by atoms with Crippen LogP contribution in [0.15, 0.2) is 10.00 Å². The van der Waals surface area contributed by atoms with Crippen LogP contribution in [0.1, 0.15) is 0 Å². The van der Waals surface area contributed by atoms with Gasteiger partial charge in [-0.3, -0.25) is 0 Å². The van der Waals surface area contributed by atoms with Gasteiger partial charge in [-0.1, -0.05) is 0 Å². The maximum absolute atomic E-state index is 3.32. The zero-order valence-corrected chi connectivity index (χ0v) is 3.63. The maximum Gasteiger partial charge on any atom is 0.0490 e. The Bertz CT molecular complexity index is 21.2. The second kappa shape index (κ2) is 3.03. The molecule has 0 fully saturated rings. The molecule has 0 aliphatic carbocycles. The van der Waals surface area contributed by atoms with Gasteiger partial charge in [0.1, 0.15) is 0 Å². The van der Waals surface area contributed by atoms with Crippen molar-refractivity contribution in [1.29, 1.82) is 0 Å². The van der Waals surface area contributed by atoms with E-state index in [0.29, 0.717) is 0 Å². The molecule has 1 unspecified atom stereocenters. The van der Waals surface area contributed by atoms with Crippen molar-refractivity contribution < 1.29 is 0 Å². The fourth-order valence-corrected chi connectivity index (χ4v) is 0. The van der Waals surface area contributed by atoms with Crippen molar-refractivity contribution in [2.45, 2.75) is 0 Å². The van der Waals surface area contributed by atoms with Crippen LogP contribution in [0.3, 0.4) is 0 Å². The number of rotatable bonds is 0. The van der Waals surface area contributed by atoms with E-state index in [1.165, 1.54) is 0 Å². The number of nitrogens with zero attached hydrogens (tertiary/aromatic N) is 2. The molecule has 0 aliphatic heterocycles. The minimum atomic E-state index is 1.62. The molecule has 1 atom stereocenters. The summed E-state index contributed by atoms with van der Waals surface area (Å²) in [6.45, 7) is 0. The average molecular weight is 76.0 g/mol. The van der Waals surface area contributed by atoms with Crippen molar-refractivity contribution in [1.82, 2.24) is 0 Å².